The summed E-state index contributed by atoms with van der Waals surface area (Å²) in [5.41, 5.74) is 1.74. The van der Waals surface area contributed by atoms with E-state index < -0.39 is 0 Å². The van der Waals surface area contributed by atoms with Crippen LogP contribution in [0.2, 0.25) is 5.02 Å². The molecule has 0 saturated carbocycles. The second-order valence-corrected chi connectivity index (χ2v) is 6.33. The molecule has 0 aliphatic carbocycles. The first-order valence-electron chi connectivity index (χ1n) is 7.60. The van der Waals surface area contributed by atoms with E-state index in [1.807, 2.05) is 24.3 Å². The molecule has 0 bridgehead atoms. The fourth-order valence-corrected chi connectivity index (χ4v) is 3.41. The zero-order valence-corrected chi connectivity index (χ0v) is 13.5. The van der Waals surface area contributed by atoms with Crippen LogP contribution < -0.4 is 0 Å². The molecule has 1 aromatic carbocycles. The van der Waals surface area contributed by atoms with Gasteiger partial charge >= 0.3 is 0 Å². The highest BCUT2D eigenvalue weighted by Crippen LogP contribution is 2.34. The number of aryl methyl sites for hydroxylation is 1. The van der Waals surface area contributed by atoms with Crippen molar-refractivity contribution in [3.05, 3.63) is 53.0 Å². The summed E-state index contributed by atoms with van der Waals surface area (Å²) in [6.07, 6.45) is 5.73. The normalized spacial score (nSPS) is 18.0. The quantitative estimate of drug-likeness (QED) is 0.718. The van der Waals surface area contributed by atoms with Gasteiger partial charge in [-0.25, -0.2) is 0 Å². The van der Waals surface area contributed by atoms with Crippen molar-refractivity contribution in [2.24, 2.45) is 7.05 Å². The maximum Gasteiger partial charge on any atom is 0.290 e. The number of carbonyl (C=O) groups is 1. The molecule has 6 heteroatoms. The minimum atomic E-state index is -0.0799. The van der Waals surface area contributed by atoms with Crippen LogP contribution in [0, 0.1) is 0 Å². The monoisotopic (exact) mass is 329 g/mol. The van der Waals surface area contributed by atoms with Crippen molar-refractivity contribution in [1.82, 2.24) is 14.7 Å². The number of likely N-dealkylation sites (tertiary alicyclic amines) is 1. The van der Waals surface area contributed by atoms with Gasteiger partial charge in [-0.05, 0) is 37.1 Å². The summed E-state index contributed by atoms with van der Waals surface area (Å²) in [6, 6.07) is 7.18. The lowest BCUT2D eigenvalue weighted by molar-refractivity contribution is 0.0705. The maximum absolute atomic E-state index is 12.9. The van der Waals surface area contributed by atoms with Crippen molar-refractivity contribution in [2.75, 3.05) is 6.54 Å². The zero-order chi connectivity index (χ0) is 16.0. The smallest absolute Gasteiger partial charge is 0.290 e. The summed E-state index contributed by atoms with van der Waals surface area (Å²) in [5.74, 6) is 0.279. The van der Waals surface area contributed by atoms with Crippen molar-refractivity contribution < 1.29 is 9.21 Å². The van der Waals surface area contributed by atoms with Gasteiger partial charge in [0, 0.05) is 35.8 Å². The van der Waals surface area contributed by atoms with Crippen LogP contribution in [0.4, 0.5) is 0 Å². The van der Waals surface area contributed by atoms with Crippen LogP contribution in [-0.4, -0.2) is 27.1 Å². The van der Waals surface area contributed by atoms with E-state index in [0.717, 1.165) is 30.3 Å². The Morgan fingerprint density at radius 1 is 1.39 bits per heavy atom. The molecule has 4 rings (SSSR count). The predicted octanol–water partition coefficient (Wildman–Crippen LogP) is 3.80. The summed E-state index contributed by atoms with van der Waals surface area (Å²) < 4.78 is 7.48. The standard InChI is InChI=1S/C17H16ClN3O2/c1-20-10-12(9-19-20)14-3-2-6-21(14)17(22)16-8-11-7-13(18)4-5-15(11)23-16/h4-5,7-10,14H,2-3,6H2,1H3. The number of benzene rings is 1. The number of fused-ring (bicyclic) bond motifs is 1. The molecule has 1 unspecified atom stereocenters. The van der Waals surface area contributed by atoms with E-state index in [2.05, 4.69) is 5.10 Å². The van der Waals surface area contributed by atoms with Gasteiger partial charge in [0.05, 0.1) is 12.2 Å². The van der Waals surface area contributed by atoms with Gasteiger partial charge in [0.2, 0.25) is 0 Å². The summed E-state index contributed by atoms with van der Waals surface area (Å²) in [6.45, 7) is 0.732. The van der Waals surface area contributed by atoms with Crippen molar-refractivity contribution in [3.8, 4) is 0 Å². The molecule has 118 valence electrons. The summed E-state index contributed by atoms with van der Waals surface area (Å²) >= 11 is 5.99. The third-order valence-corrected chi connectivity index (χ3v) is 4.55. The molecule has 1 aliphatic heterocycles. The zero-order valence-electron chi connectivity index (χ0n) is 12.7. The highest BCUT2D eigenvalue weighted by molar-refractivity contribution is 6.31. The Hall–Kier alpha value is -2.27. The van der Waals surface area contributed by atoms with E-state index in [1.165, 1.54) is 0 Å². The first-order chi connectivity index (χ1) is 11.1. The van der Waals surface area contributed by atoms with Gasteiger partial charge in [-0.2, -0.15) is 5.10 Å². The molecular weight excluding hydrogens is 314 g/mol. The van der Waals surface area contributed by atoms with Crippen molar-refractivity contribution in [3.63, 3.8) is 0 Å². The number of halogens is 1. The van der Waals surface area contributed by atoms with Gasteiger partial charge in [0.25, 0.3) is 5.91 Å². The molecule has 0 spiro atoms. The molecule has 0 N–H and O–H groups in total. The first-order valence-corrected chi connectivity index (χ1v) is 7.98. The van der Waals surface area contributed by atoms with E-state index in [9.17, 15) is 4.79 Å². The van der Waals surface area contributed by atoms with Gasteiger partial charge in [-0.1, -0.05) is 11.6 Å². The molecule has 5 nitrogen and oxygen atoms in total. The lowest BCUT2D eigenvalue weighted by atomic mass is 10.1. The third-order valence-electron chi connectivity index (χ3n) is 4.31. The molecule has 1 atom stereocenters. The number of carbonyl (C=O) groups excluding carboxylic acids is 1. The van der Waals surface area contributed by atoms with Crippen LogP contribution in [0.25, 0.3) is 11.0 Å². The van der Waals surface area contributed by atoms with Gasteiger partial charge in [0.15, 0.2) is 5.76 Å². The molecule has 2 aromatic heterocycles. The van der Waals surface area contributed by atoms with E-state index in [4.69, 9.17) is 16.0 Å². The van der Waals surface area contributed by atoms with E-state index >= 15 is 0 Å². The fraction of sp³-hybridized carbons (Fsp3) is 0.294. The lowest BCUT2D eigenvalue weighted by Gasteiger charge is -2.22. The van der Waals surface area contributed by atoms with Crippen LogP contribution in [0.15, 0.2) is 41.1 Å². The maximum atomic E-state index is 12.9. The molecule has 0 radical (unpaired) electrons. The summed E-state index contributed by atoms with van der Waals surface area (Å²) in [4.78, 5) is 14.7. The Bertz CT molecular complexity index is 883. The Balaban J connectivity index is 1.66. The molecule has 1 fully saturated rings. The lowest BCUT2D eigenvalue weighted by Crippen LogP contribution is -2.30. The van der Waals surface area contributed by atoms with Crippen molar-refractivity contribution >= 4 is 28.5 Å². The van der Waals surface area contributed by atoms with Gasteiger partial charge in [-0.3, -0.25) is 9.48 Å². The molecular formula is C17H16ClN3O2. The summed E-state index contributed by atoms with van der Waals surface area (Å²) in [5, 5.41) is 5.69. The van der Waals surface area contributed by atoms with E-state index in [0.29, 0.717) is 16.4 Å². The van der Waals surface area contributed by atoms with Crippen LogP contribution in [-0.2, 0) is 7.05 Å². The van der Waals surface area contributed by atoms with Gasteiger partial charge < -0.3 is 9.32 Å². The molecule has 1 saturated heterocycles. The third kappa shape index (κ3) is 2.51. The predicted molar refractivity (Wildman–Crippen MR) is 87.4 cm³/mol. The van der Waals surface area contributed by atoms with Crippen LogP contribution >= 0.6 is 11.6 Å². The Labute approximate surface area is 138 Å². The summed E-state index contributed by atoms with van der Waals surface area (Å²) in [7, 11) is 1.88. The Morgan fingerprint density at radius 3 is 3.04 bits per heavy atom. The second-order valence-electron chi connectivity index (χ2n) is 5.90. The molecule has 3 heterocycles. The topological polar surface area (TPSA) is 51.3 Å². The molecule has 1 amide bonds. The number of aromatic nitrogens is 2. The minimum absolute atomic E-state index is 0.0630. The highest BCUT2D eigenvalue weighted by Gasteiger charge is 2.32. The highest BCUT2D eigenvalue weighted by atomic mass is 35.5. The molecule has 23 heavy (non-hydrogen) atoms. The SMILES string of the molecule is Cn1cc(C2CCCN2C(=O)c2cc3cc(Cl)ccc3o2)cn1. The van der Waals surface area contributed by atoms with Crippen LogP contribution in [0.3, 0.4) is 0 Å². The van der Waals surface area contributed by atoms with Crippen molar-refractivity contribution in [1.29, 1.82) is 0 Å². The largest absolute Gasteiger partial charge is 0.451 e. The van der Waals surface area contributed by atoms with E-state index in [-0.39, 0.29) is 11.9 Å². The first kappa shape index (κ1) is 14.3. The Kier molecular flexibility index (Phi) is 3.38. The van der Waals surface area contributed by atoms with Crippen LogP contribution in [0.1, 0.15) is 35.0 Å². The number of hydrogen-bond acceptors (Lipinski definition) is 3. The second kappa shape index (κ2) is 5.42. The van der Waals surface area contributed by atoms with E-state index in [1.54, 1.807) is 28.9 Å². The molecule has 1 aliphatic rings. The number of furan rings is 1. The number of rotatable bonds is 2. The average molecular weight is 330 g/mol. The van der Waals surface area contributed by atoms with Gasteiger partial charge in [0.1, 0.15) is 5.58 Å². The number of nitrogens with zero attached hydrogens (tertiary/aromatic N) is 3. The number of amides is 1. The van der Waals surface area contributed by atoms with Gasteiger partial charge in [-0.15, -0.1) is 0 Å². The fourth-order valence-electron chi connectivity index (χ4n) is 3.23. The van der Waals surface area contributed by atoms with Crippen LogP contribution in [0.5, 0.6) is 0 Å². The minimum Gasteiger partial charge on any atom is -0.451 e. The average Bonchev–Trinajstić information content (AvgIpc) is 3.23. The molecule has 3 aromatic rings. The van der Waals surface area contributed by atoms with Crippen molar-refractivity contribution in [2.45, 2.75) is 18.9 Å². The number of hydrogen-bond donors (Lipinski definition) is 0. The Morgan fingerprint density at radius 2 is 2.26 bits per heavy atom.